The topological polar surface area (TPSA) is 59.2 Å². The molecule has 0 N–H and O–H groups in total. The van der Waals surface area contributed by atoms with E-state index in [1.165, 1.54) is 0 Å². The van der Waals surface area contributed by atoms with Crippen LogP contribution in [-0.4, -0.2) is 21.8 Å². The van der Waals surface area contributed by atoms with E-state index in [0.717, 1.165) is 17.0 Å². The molecule has 0 saturated heterocycles. The molecule has 0 radical (unpaired) electrons. The van der Waals surface area contributed by atoms with Crippen LogP contribution in [-0.2, 0) is 17.8 Å². The highest BCUT2D eigenvalue weighted by molar-refractivity contribution is 8.00. The van der Waals surface area contributed by atoms with Gasteiger partial charge < -0.3 is 9.42 Å². The average molecular weight is 303 g/mol. The van der Waals surface area contributed by atoms with Crippen LogP contribution in [0.5, 0.6) is 0 Å². The molecule has 0 bridgehead atoms. The number of hydrogen-bond donors (Lipinski definition) is 0. The molecule has 2 heterocycles. The molecule has 0 fully saturated rings. The Morgan fingerprint density at radius 1 is 1.38 bits per heavy atom. The third-order valence-electron chi connectivity index (χ3n) is 3.20. The quantitative estimate of drug-likeness (QED) is 0.869. The normalized spacial score (nSPS) is 14.6. The molecule has 0 atom stereocenters. The molecule has 1 aliphatic heterocycles. The highest BCUT2D eigenvalue weighted by Gasteiger charge is 2.25. The summed E-state index contributed by atoms with van der Waals surface area (Å²) >= 11 is 1.57. The first-order chi connectivity index (χ1) is 10.1. The Bertz CT molecular complexity index is 654. The fourth-order valence-corrected chi connectivity index (χ4v) is 3.19. The molecule has 0 saturated carbocycles. The number of carbonyl (C=O) groups is 1. The maximum Gasteiger partial charge on any atom is 0.237 e. The predicted octanol–water partition coefficient (Wildman–Crippen LogP) is 2.91. The smallest absolute Gasteiger partial charge is 0.237 e. The number of para-hydroxylation sites is 1. The van der Waals surface area contributed by atoms with Gasteiger partial charge in [0.15, 0.2) is 5.82 Å². The summed E-state index contributed by atoms with van der Waals surface area (Å²) in [7, 11) is 0. The van der Waals surface area contributed by atoms with Crippen molar-refractivity contribution < 1.29 is 9.32 Å². The first-order valence-electron chi connectivity index (χ1n) is 6.97. The number of anilines is 1. The fourth-order valence-electron chi connectivity index (χ4n) is 2.26. The summed E-state index contributed by atoms with van der Waals surface area (Å²) in [6.07, 6.45) is 0.757. The summed E-state index contributed by atoms with van der Waals surface area (Å²) in [6, 6.07) is 7.90. The lowest BCUT2D eigenvalue weighted by atomic mass is 10.1. The lowest BCUT2D eigenvalue weighted by Crippen LogP contribution is -2.35. The minimum atomic E-state index is 0.0777. The molecule has 1 aliphatic rings. The largest absolute Gasteiger partial charge is 0.339 e. The first-order valence-corrected chi connectivity index (χ1v) is 7.95. The predicted molar refractivity (Wildman–Crippen MR) is 81.2 cm³/mol. The number of hydrogen-bond acceptors (Lipinski definition) is 5. The standard InChI is InChI=1S/C15H17N3O2S/c1-10(2)7-14-16-13(17-20-14)8-18-11-5-3-4-6-12(11)21-9-15(18)19/h3-6,10H,7-9H2,1-2H3. The number of carbonyl (C=O) groups excluding carboxylic acids is 1. The van der Waals surface area contributed by atoms with Crippen LogP contribution in [0.4, 0.5) is 5.69 Å². The van der Waals surface area contributed by atoms with Gasteiger partial charge in [0.2, 0.25) is 11.8 Å². The van der Waals surface area contributed by atoms with Gasteiger partial charge in [-0.25, -0.2) is 0 Å². The molecule has 0 unspecified atom stereocenters. The van der Waals surface area contributed by atoms with Crippen molar-refractivity contribution in [3.05, 3.63) is 36.0 Å². The van der Waals surface area contributed by atoms with Crippen molar-refractivity contribution in [2.75, 3.05) is 10.7 Å². The van der Waals surface area contributed by atoms with Gasteiger partial charge in [-0.1, -0.05) is 31.1 Å². The lowest BCUT2D eigenvalue weighted by molar-refractivity contribution is -0.116. The number of thioether (sulfide) groups is 1. The van der Waals surface area contributed by atoms with Crippen LogP contribution in [0, 0.1) is 5.92 Å². The van der Waals surface area contributed by atoms with Crippen molar-refractivity contribution in [3.8, 4) is 0 Å². The van der Waals surface area contributed by atoms with Crippen LogP contribution in [0.2, 0.25) is 0 Å². The second kappa shape index (κ2) is 5.89. The van der Waals surface area contributed by atoms with Gasteiger partial charge in [-0.3, -0.25) is 4.79 Å². The maximum absolute atomic E-state index is 12.2. The van der Waals surface area contributed by atoms with Crippen molar-refractivity contribution in [3.63, 3.8) is 0 Å². The van der Waals surface area contributed by atoms with Gasteiger partial charge in [0, 0.05) is 11.3 Å². The molecule has 21 heavy (non-hydrogen) atoms. The van der Waals surface area contributed by atoms with E-state index in [-0.39, 0.29) is 5.91 Å². The first kappa shape index (κ1) is 14.1. The molecule has 6 heteroatoms. The zero-order valence-corrected chi connectivity index (χ0v) is 12.9. The molecule has 2 aromatic rings. The van der Waals surface area contributed by atoms with Crippen LogP contribution in [0.1, 0.15) is 25.6 Å². The van der Waals surface area contributed by atoms with Crippen molar-refractivity contribution in [1.29, 1.82) is 0 Å². The van der Waals surface area contributed by atoms with Crippen LogP contribution < -0.4 is 4.90 Å². The minimum absolute atomic E-state index is 0.0777. The van der Waals surface area contributed by atoms with Gasteiger partial charge in [-0.2, -0.15) is 4.98 Å². The zero-order chi connectivity index (χ0) is 14.8. The molecular weight excluding hydrogens is 286 g/mol. The third kappa shape index (κ3) is 3.10. The van der Waals surface area contributed by atoms with Crippen LogP contribution in [0.3, 0.4) is 0 Å². The molecule has 1 aromatic carbocycles. The van der Waals surface area contributed by atoms with Gasteiger partial charge >= 0.3 is 0 Å². The van der Waals surface area contributed by atoms with Crippen LogP contribution in [0.15, 0.2) is 33.7 Å². The van der Waals surface area contributed by atoms with Crippen LogP contribution in [0.25, 0.3) is 0 Å². The summed E-state index contributed by atoms with van der Waals surface area (Å²) in [5, 5.41) is 3.98. The van der Waals surface area contributed by atoms with Gasteiger partial charge in [0.25, 0.3) is 0 Å². The highest BCUT2D eigenvalue weighted by atomic mass is 32.2. The minimum Gasteiger partial charge on any atom is -0.339 e. The van der Waals surface area contributed by atoms with E-state index in [1.54, 1.807) is 16.7 Å². The fraction of sp³-hybridized carbons (Fsp3) is 0.400. The van der Waals surface area contributed by atoms with Gasteiger partial charge in [0.05, 0.1) is 18.0 Å². The second-order valence-corrected chi connectivity index (χ2v) is 6.46. The zero-order valence-electron chi connectivity index (χ0n) is 12.1. The van der Waals surface area contributed by atoms with E-state index in [2.05, 4.69) is 24.0 Å². The molecular formula is C15H17N3O2S. The number of nitrogens with zero attached hydrogens (tertiary/aromatic N) is 3. The summed E-state index contributed by atoms with van der Waals surface area (Å²) in [5.74, 6) is 2.18. The summed E-state index contributed by atoms with van der Waals surface area (Å²) in [5.41, 5.74) is 0.925. The van der Waals surface area contributed by atoms with Crippen molar-refractivity contribution in [1.82, 2.24) is 10.1 Å². The molecule has 0 aliphatic carbocycles. The monoisotopic (exact) mass is 303 g/mol. The average Bonchev–Trinajstić information content (AvgIpc) is 2.88. The van der Waals surface area contributed by atoms with Crippen molar-refractivity contribution in [2.24, 2.45) is 5.92 Å². The summed E-state index contributed by atoms with van der Waals surface area (Å²) < 4.78 is 5.24. The Morgan fingerprint density at radius 2 is 2.19 bits per heavy atom. The third-order valence-corrected chi connectivity index (χ3v) is 4.25. The van der Waals surface area contributed by atoms with Gasteiger partial charge in [-0.05, 0) is 18.1 Å². The van der Waals surface area contributed by atoms with Crippen LogP contribution >= 0.6 is 11.8 Å². The number of benzene rings is 1. The Morgan fingerprint density at radius 3 is 3.00 bits per heavy atom. The van der Waals surface area contributed by atoms with E-state index in [0.29, 0.717) is 29.9 Å². The summed E-state index contributed by atoms with van der Waals surface area (Å²) in [4.78, 5) is 19.4. The molecule has 1 aromatic heterocycles. The SMILES string of the molecule is CC(C)Cc1nc(CN2C(=O)CSc3ccccc32)no1. The number of amides is 1. The number of aromatic nitrogens is 2. The Balaban J connectivity index is 1.81. The van der Waals surface area contributed by atoms with Crippen molar-refractivity contribution in [2.45, 2.75) is 31.7 Å². The van der Waals surface area contributed by atoms with Crippen molar-refractivity contribution >= 4 is 23.4 Å². The molecule has 3 rings (SSSR count). The van der Waals surface area contributed by atoms with Gasteiger partial charge in [0.1, 0.15) is 0 Å². The summed E-state index contributed by atoms with van der Waals surface area (Å²) in [6.45, 7) is 4.56. The Hall–Kier alpha value is -1.82. The van der Waals surface area contributed by atoms with E-state index in [4.69, 9.17) is 4.52 Å². The molecule has 110 valence electrons. The van der Waals surface area contributed by atoms with E-state index in [9.17, 15) is 4.79 Å². The Kier molecular flexibility index (Phi) is 3.96. The molecule has 0 spiro atoms. The van der Waals surface area contributed by atoms with E-state index >= 15 is 0 Å². The van der Waals surface area contributed by atoms with E-state index < -0.39 is 0 Å². The van der Waals surface area contributed by atoms with Gasteiger partial charge in [-0.15, -0.1) is 11.8 Å². The second-order valence-electron chi connectivity index (χ2n) is 5.44. The number of rotatable bonds is 4. The van der Waals surface area contributed by atoms with E-state index in [1.807, 2.05) is 24.3 Å². The highest BCUT2D eigenvalue weighted by Crippen LogP contribution is 2.35. The number of fused-ring (bicyclic) bond motifs is 1. The molecule has 5 nitrogen and oxygen atoms in total. The Labute approximate surface area is 127 Å². The maximum atomic E-state index is 12.2. The lowest BCUT2D eigenvalue weighted by Gasteiger charge is -2.27. The molecule has 1 amide bonds.